The van der Waals surface area contributed by atoms with Crippen LogP contribution in [0.1, 0.15) is 47.2 Å². The molecule has 2 aliphatic rings. The third kappa shape index (κ3) is 6.01. The summed E-state index contributed by atoms with van der Waals surface area (Å²) in [5.41, 5.74) is 2.36. The Labute approximate surface area is 241 Å². The molecule has 2 saturated heterocycles. The minimum Gasteiger partial charge on any atom is -0.497 e. The number of halogens is 1. The van der Waals surface area contributed by atoms with Crippen molar-refractivity contribution in [2.45, 2.75) is 57.0 Å². The molecule has 0 aromatic heterocycles. The van der Waals surface area contributed by atoms with Gasteiger partial charge in [-0.15, -0.1) is 0 Å². The van der Waals surface area contributed by atoms with E-state index in [1.54, 1.807) is 26.4 Å². The van der Waals surface area contributed by atoms with Gasteiger partial charge in [-0.1, -0.05) is 35.9 Å². The van der Waals surface area contributed by atoms with Gasteiger partial charge < -0.3 is 28.7 Å². The number of methoxy groups -OCH3 is 2. The summed E-state index contributed by atoms with van der Waals surface area (Å²) in [6.07, 6.45) is 4.03. The van der Waals surface area contributed by atoms with Gasteiger partial charge in [-0.25, -0.2) is 0 Å². The van der Waals surface area contributed by atoms with E-state index in [1.165, 1.54) is 0 Å². The zero-order chi connectivity index (χ0) is 28.2. The molecule has 1 amide bonds. The van der Waals surface area contributed by atoms with Gasteiger partial charge in [0.1, 0.15) is 24.7 Å². The van der Waals surface area contributed by atoms with Gasteiger partial charge in [0.05, 0.1) is 24.8 Å². The molecule has 5 rings (SSSR count). The summed E-state index contributed by atoms with van der Waals surface area (Å²) < 4.78 is 22.9. The summed E-state index contributed by atoms with van der Waals surface area (Å²) in [5.74, 6) is 2.37. The van der Waals surface area contributed by atoms with Gasteiger partial charge in [0.25, 0.3) is 5.91 Å². The first-order chi connectivity index (χ1) is 19.4. The number of rotatable bonds is 10. The van der Waals surface area contributed by atoms with E-state index in [0.29, 0.717) is 29.7 Å². The SMILES string of the molecule is COc1ccc(COc2ccc(C(=O)N3[C@@H]4CC[C@H]3CC(N(C)C)C4)c(Cl)c2OCc2ccc(OC)cc2)cc1. The van der Waals surface area contributed by atoms with Gasteiger partial charge >= 0.3 is 0 Å². The second-order valence-electron chi connectivity index (χ2n) is 10.7. The van der Waals surface area contributed by atoms with Gasteiger partial charge in [0.2, 0.25) is 0 Å². The molecule has 2 aliphatic heterocycles. The van der Waals surface area contributed by atoms with Crippen LogP contribution in [0.3, 0.4) is 0 Å². The first-order valence-electron chi connectivity index (χ1n) is 13.7. The number of hydrogen-bond donors (Lipinski definition) is 0. The Hall–Kier alpha value is -3.42. The minimum absolute atomic E-state index is 0.0364. The fourth-order valence-corrected chi connectivity index (χ4v) is 6.04. The van der Waals surface area contributed by atoms with E-state index in [-0.39, 0.29) is 29.6 Å². The van der Waals surface area contributed by atoms with E-state index in [1.807, 2.05) is 48.5 Å². The van der Waals surface area contributed by atoms with Crippen LogP contribution in [0, 0.1) is 0 Å². The van der Waals surface area contributed by atoms with Crippen molar-refractivity contribution in [2.75, 3.05) is 28.3 Å². The molecule has 3 aromatic rings. The van der Waals surface area contributed by atoms with Crippen LogP contribution in [0.25, 0.3) is 0 Å². The number of carbonyl (C=O) groups excluding carboxylic acids is 1. The largest absolute Gasteiger partial charge is 0.497 e. The molecular weight excluding hydrogens is 528 g/mol. The topological polar surface area (TPSA) is 60.5 Å². The fraction of sp³-hybridized carbons (Fsp3) is 0.406. The standard InChI is InChI=1S/C32H37ClN2O5/c1-34(2)25-17-23-9-10-24(18-25)35(23)32(36)28-15-16-29(39-19-21-5-11-26(37-3)12-6-21)31(30(28)33)40-20-22-7-13-27(38-4)14-8-22/h5-8,11-16,23-25H,9-10,17-20H2,1-4H3/t23-,24+,25?. The zero-order valence-electron chi connectivity index (χ0n) is 23.6. The fourth-order valence-electron chi connectivity index (χ4n) is 5.75. The second kappa shape index (κ2) is 12.4. The normalized spacial score (nSPS) is 19.9. The average molecular weight is 565 g/mol. The Bertz CT molecular complexity index is 1300. The lowest BCUT2D eigenvalue weighted by Gasteiger charge is -2.41. The number of ether oxygens (including phenoxy) is 4. The van der Waals surface area contributed by atoms with Crippen molar-refractivity contribution in [2.24, 2.45) is 0 Å². The summed E-state index contributed by atoms with van der Waals surface area (Å²) in [7, 11) is 7.51. The molecule has 3 atom stereocenters. The minimum atomic E-state index is -0.0364. The van der Waals surface area contributed by atoms with E-state index >= 15 is 0 Å². The van der Waals surface area contributed by atoms with Crippen molar-refractivity contribution in [3.63, 3.8) is 0 Å². The van der Waals surface area contributed by atoms with Crippen molar-refractivity contribution < 1.29 is 23.7 Å². The molecule has 2 fully saturated rings. The van der Waals surface area contributed by atoms with Gasteiger partial charge in [0, 0.05) is 18.1 Å². The quantitative estimate of drug-likeness (QED) is 0.292. The van der Waals surface area contributed by atoms with E-state index < -0.39 is 0 Å². The molecule has 7 nitrogen and oxygen atoms in total. The third-order valence-corrected chi connectivity index (χ3v) is 8.44. The van der Waals surface area contributed by atoms with Crippen molar-refractivity contribution in [3.05, 3.63) is 82.4 Å². The van der Waals surface area contributed by atoms with Crippen LogP contribution in [-0.4, -0.2) is 62.1 Å². The zero-order valence-corrected chi connectivity index (χ0v) is 24.3. The van der Waals surface area contributed by atoms with Crippen LogP contribution in [-0.2, 0) is 13.2 Å². The molecule has 3 aromatic carbocycles. The highest BCUT2D eigenvalue weighted by atomic mass is 35.5. The number of hydrogen-bond acceptors (Lipinski definition) is 6. The molecule has 0 N–H and O–H groups in total. The van der Waals surface area contributed by atoms with Gasteiger partial charge in [-0.3, -0.25) is 4.79 Å². The first-order valence-corrected chi connectivity index (χ1v) is 14.1. The summed E-state index contributed by atoms with van der Waals surface area (Å²) in [6.45, 7) is 0.578. The molecule has 0 spiro atoms. The lowest BCUT2D eigenvalue weighted by Crippen LogP contribution is -2.51. The number of piperidine rings is 1. The second-order valence-corrected chi connectivity index (χ2v) is 11.1. The number of nitrogens with zero attached hydrogens (tertiary/aromatic N) is 2. The molecule has 1 unspecified atom stereocenters. The predicted molar refractivity (Wildman–Crippen MR) is 156 cm³/mol. The lowest BCUT2D eigenvalue weighted by molar-refractivity contribution is 0.0474. The van der Waals surface area contributed by atoms with Gasteiger partial charge in [-0.05, 0) is 87.3 Å². The van der Waals surface area contributed by atoms with E-state index in [9.17, 15) is 4.79 Å². The van der Waals surface area contributed by atoms with Gasteiger partial charge in [0.15, 0.2) is 11.5 Å². The van der Waals surface area contributed by atoms with Crippen LogP contribution in [0.5, 0.6) is 23.0 Å². The van der Waals surface area contributed by atoms with Crippen molar-refractivity contribution in [3.8, 4) is 23.0 Å². The summed E-state index contributed by atoms with van der Waals surface area (Å²) in [4.78, 5) is 18.3. The Balaban J connectivity index is 1.40. The van der Waals surface area contributed by atoms with E-state index in [0.717, 1.165) is 48.3 Å². The lowest BCUT2D eigenvalue weighted by atomic mass is 9.95. The van der Waals surface area contributed by atoms with Gasteiger partial charge in [-0.2, -0.15) is 0 Å². The Morgan fingerprint density at radius 1 is 0.825 bits per heavy atom. The molecule has 0 radical (unpaired) electrons. The molecule has 8 heteroatoms. The van der Waals surface area contributed by atoms with E-state index in [4.69, 9.17) is 30.5 Å². The Kier molecular flexibility index (Phi) is 8.72. The summed E-state index contributed by atoms with van der Waals surface area (Å²) >= 11 is 6.96. The van der Waals surface area contributed by atoms with Crippen LogP contribution >= 0.6 is 11.6 Å². The van der Waals surface area contributed by atoms with Crippen LogP contribution in [0.4, 0.5) is 0 Å². The molecule has 0 saturated carbocycles. The maximum atomic E-state index is 13.9. The number of carbonyl (C=O) groups is 1. The van der Waals surface area contributed by atoms with Crippen LogP contribution < -0.4 is 18.9 Å². The van der Waals surface area contributed by atoms with Crippen molar-refractivity contribution in [1.29, 1.82) is 0 Å². The van der Waals surface area contributed by atoms with E-state index in [2.05, 4.69) is 23.9 Å². The maximum absolute atomic E-state index is 13.9. The first kappa shape index (κ1) is 28.1. The predicted octanol–water partition coefficient (Wildman–Crippen LogP) is 6.21. The van der Waals surface area contributed by atoms with Crippen LogP contribution in [0.15, 0.2) is 60.7 Å². The van der Waals surface area contributed by atoms with Crippen LogP contribution in [0.2, 0.25) is 5.02 Å². The maximum Gasteiger partial charge on any atom is 0.256 e. The Morgan fingerprint density at radius 2 is 1.35 bits per heavy atom. The molecule has 212 valence electrons. The van der Waals surface area contributed by atoms with Crippen molar-refractivity contribution in [1.82, 2.24) is 9.80 Å². The molecule has 40 heavy (non-hydrogen) atoms. The molecular formula is C32H37ClN2O5. The Morgan fingerprint density at radius 3 is 1.85 bits per heavy atom. The number of amides is 1. The third-order valence-electron chi connectivity index (χ3n) is 8.06. The monoisotopic (exact) mass is 564 g/mol. The number of fused-ring (bicyclic) bond motifs is 2. The highest BCUT2D eigenvalue weighted by Gasteiger charge is 2.44. The highest BCUT2D eigenvalue weighted by molar-refractivity contribution is 6.35. The molecule has 2 heterocycles. The molecule has 2 bridgehead atoms. The van der Waals surface area contributed by atoms with Crippen molar-refractivity contribution >= 4 is 17.5 Å². The number of benzene rings is 3. The molecule has 0 aliphatic carbocycles. The highest BCUT2D eigenvalue weighted by Crippen LogP contribution is 2.43. The summed E-state index contributed by atoms with van der Waals surface area (Å²) in [6, 6.07) is 19.8. The summed E-state index contributed by atoms with van der Waals surface area (Å²) in [5, 5.41) is 0.278. The average Bonchev–Trinajstić information content (AvgIpc) is 3.24. The smallest absolute Gasteiger partial charge is 0.256 e.